The van der Waals surface area contributed by atoms with Crippen LogP contribution in [0.4, 0.5) is 9.18 Å². The van der Waals surface area contributed by atoms with Crippen molar-refractivity contribution in [3.05, 3.63) is 47.8 Å². The monoisotopic (exact) mass is 487 g/mol. The van der Waals surface area contributed by atoms with Crippen LogP contribution in [0.15, 0.2) is 30.6 Å². The van der Waals surface area contributed by atoms with Gasteiger partial charge in [-0.1, -0.05) is 39.0 Å². The smallest absolute Gasteiger partial charge is 0.410 e. The van der Waals surface area contributed by atoms with Gasteiger partial charge in [-0.3, -0.25) is 0 Å². The number of hydrogen-bond donors (Lipinski definition) is 0. The second-order valence-electron chi connectivity index (χ2n) is 11.2. The Bertz CT molecular complexity index is 978. The first-order valence-electron chi connectivity index (χ1n) is 12.0. The van der Waals surface area contributed by atoms with Gasteiger partial charge in [-0.2, -0.15) is 0 Å². The van der Waals surface area contributed by atoms with E-state index in [0.717, 1.165) is 18.7 Å². The summed E-state index contributed by atoms with van der Waals surface area (Å²) in [5, 5.41) is 0.126. The van der Waals surface area contributed by atoms with Gasteiger partial charge in [0.1, 0.15) is 17.2 Å². The van der Waals surface area contributed by atoms with Crippen molar-refractivity contribution in [2.24, 2.45) is 0 Å². The second kappa shape index (κ2) is 10.5. The number of likely N-dealkylation sites (tertiary alicyclic amines) is 1. The molecule has 1 atom stereocenters. The molecule has 6 nitrogen and oxygen atoms in total. The minimum absolute atomic E-state index is 0.126. The first-order valence-corrected chi connectivity index (χ1v) is 14.2. The van der Waals surface area contributed by atoms with Crippen LogP contribution in [0.5, 0.6) is 0 Å². The summed E-state index contributed by atoms with van der Waals surface area (Å²) in [5.41, 5.74) is 1.19. The van der Waals surface area contributed by atoms with Gasteiger partial charge in [0.15, 0.2) is 9.04 Å². The molecule has 1 unspecified atom stereocenters. The van der Waals surface area contributed by atoms with E-state index in [4.69, 9.17) is 9.16 Å². The predicted molar refractivity (Wildman–Crippen MR) is 135 cm³/mol. The van der Waals surface area contributed by atoms with Gasteiger partial charge in [-0.05, 0) is 45.2 Å². The summed E-state index contributed by atoms with van der Waals surface area (Å²) in [6.07, 6.45) is 4.66. The normalized spacial score (nSPS) is 16.4. The van der Waals surface area contributed by atoms with E-state index in [1.807, 2.05) is 26.8 Å². The predicted octanol–water partition coefficient (Wildman–Crippen LogP) is 6.07. The average Bonchev–Trinajstić information content (AvgIpc) is 2.76. The van der Waals surface area contributed by atoms with Crippen LogP contribution in [0, 0.1) is 5.82 Å². The Balaban J connectivity index is 1.63. The summed E-state index contributed by atoms with van der Waals surface area (Å²) in [7, 11) is -1.44. The molecule has 1 aliphatic heterocycles. The van der Waals surface area contributed by atoms with Crippen LogP contribution in [-0.4, -0.2) is 48.7 Å². The highest BCUT2D eigenvalue weighted by molar-refractivity contribution is 6.53. The zero-order valence-corrected chi connectivity index (χ0v) is 22.7. The van der Waals surface area contributed by atoms with Crippen molar-refractivity contribution in [3.63, 3.8) is 0 Å². The van der Waals surface area contributed by atoms with Gasteiger partial charge in [-0.25, -0.2) is 19.2 Å². The molecule has 1 fully saturated rings. The third-order valence-corrected chi connectivity index (χ3v) is 9.39. The fourth-order valence-electron chi connectivity index (χ4n) is 3.71. The molecular weight excluding hydrogens is 449 g/mol. The van der Waals surface area contributed by atoms with Crippen LogP contribution in [0.25, 0.3) is 11.1 Å². The molecule has 2 aromatic rings. The summed E-state index contributed by atoms with van der Waals surface area (Å²) < 4.78 is 26.7. The maximum atomic E-state index is 15.2. The van der Waals surface area contributed by atoms with Gasteiger partial charge in [0, 0.05) is 48.1 Å². The Hall–Kier alpha value is -2.32. The number of carbonyl (C=O) groups is 1. The number of carbonyl (C=O) groups excluding carboxylic acids is 1. The highest BCUT2D eigenvalue weighted by Crippen LogP contribution is 2.31. The first kappa shape index (κ1) is 26.3. The molecule has 0 saturated carbocycles. The lowest BCUT2D eigenvalue weighted by atomic mass is 9.96. The molecule has 3 rings (SSSR count). The highest BCUT2D eigenvalue weighted by Gasteiger charge is 2.29. The number of piperidine rings is 1. The zero-order chi connectivity index (χ0) is 25.1. The number of hydrogen-bond acceptors (Lipinski definition) is 5. The number of rotatable bonds is 5. The average molecular weight is 488 g/mol. The lowest BCUT2D eigenvalue weighted by Crippen LogP contribution is -2.41. The quantitative estimate of drug-likeness (QED) is 0.479. The van der Waals surface area contributed by atoms with E-state index in [1.165, 1.54) is 0 Å². The van der Waals surface area contributed by atoms with Gasteiger partial charge in [-0.15, -0.1) is 0 Å². The minimum atomic E-state index is -1.44. The van der Waals surface area contributed by atoms with Crippen LogP contribution < -0.4 is 0 Å². The van der Waals surface area contributed by atoms with Gasteiger partial charge in [0.25, 0.3) is 0 Å². The Morgan fingerprint density at radius 2 is 1.74 bits per heavy atom. The number of ether oxygens (including phenoxy) is 1. The summed E-state index contributed by atoms with van der Waals surface area (Å²) in [6, 6.07) is 5.37. The highest BCUT2D eigenvalue weighted by atomic mass is 28.3. The molecule has 0 N–H and O–H groups in total. The topological polar surface area (TPSA) is 64.5 Å². The van der Waals surface area contributed by atoms with Crippen molar-refractivity contribution in [2.45, 2.75) is 84.1 Å². The molecule has 34 heavy (non-hydrogen) atoms. The molecule has 0 spiro atoms. The Morgan fingerprint density at radius 3 is 2.29 bits per heavy atom. The Morgan fingerprint density at radius 1 is 1.12 bits per heavy atom. The molecule has 1 aromatic carbocycles. The summed E-state index contributed by atoms with van der Waals surface area (Å²) >= 11 is 0. The fraction of sp³-hybridized carbons (Fsp3) is 0.577. The van der Waals surface area contributed by atoms with Crippen LogP contribution in [-0.2, 0) is 15.8 Å². The SMILES string of the molecule is C[SiH](OCc1cccc(-c2cnc(C3CCN(C(=O)OC(C)(C)C)CC3)nc2)c1F)C(C)(C)C. The van der Waals surface area contributed by atoms with Gasteiger partial charge < -0.3 is 14.1 Å². The molecule has 1 saturated heterocycles. The van der Waals surface area contributed by atoms with Gasteiger partial charge in [0.05, 0.1) is 6.61 Å². The van der Waals surface area contributed by atoms with E-state index in [1.54, 1.807) is 29.4 Å². The van der Waals surface area contributed by atoms with Crippen LogP contribution in [0.3, 0.4) is 0 Å². The molecule has 8 heteroatoms. The maximum Gasteiger partial charge on any atom is 0.410 e. The van der Waals surface area contributed by atoms with Crippen molar-refractivity contribution < 1.29 is 18.3 Å². The van der Waals surface area contributed by atoms with E-state index < -0.39 is 14.6 Å². The lowest BCUT2D eigenvalue weighted by molar-refractivity contribution is 0.0203. The van der Waals surface area contributed by atoms with Crippen molar-refractivity contribution in [1.82, 2.24) is 14.9 Å². The standard InChI is InChI=1S/C26H38FN3O3Si/c1-25(2,3)33-24(31)30-13-11-18(12-14-30)23-28-15-20(16-29-23)21-10-8-9-19(22(21)27)17-32-34(7)26(4,5)6/h8-10,15-16,18,34H,11-14,17H2,1-7H3. The molecule has 0 bridgehead atoms. The molecule has 2 heterocycles. The second-order valence-corrected chi connectivity index (χ2v) is 14.5. The summed E-state index contributed by atoms with van der Waals surface area (Å²) in [5.74, 6) is 0.623. The molecule has 1 aliphatic rings. The van der Waals surface area contributed by atoms with E-state index >= 15 is 4.39 Å². The van der Waals surface area contributed by atoms with Crippen LogP contribution in [0.2, 0.25) is 11.6 Å². The van der Waals surface area contributed by atoms with Gasteiger partial charge in [0.2, 0.25) is 0 Å². The van der Waals surface area contributed by atoms with E-state index in [0.29, 0.717) is 29.8 Å². The lowest BCUT2D eigenvalue weighted by Gasteiger charge is -2.32. The van der Waals surface area contributed by atoms with Crippen LogP contribution in [0.1, 0.15) is 71.7 Å². The number of aromatic nitrogens is 2. The molecule has 0 radical (unpaired) electrons. The van der Waals surface area contributed by atoms with E-state index in [9.17, 15) is 4.79 Å². The summed E-state index contributed by atoms with van der Waals surface area (Å²) in [4.78, 5) is 23.1. The molecule has 0 aliphatic carbocycles. The fourth-order valence-corrected chi connectivity index (χ4v) is 4.64. The first-order chi connectivity index (χ1) is 15.8. The number of nitrogens with zero attached hydrogens (tertiary/aromatic N) is 3. The third-order valence-electron chi connectivity index (χ3n) is 6.28. The Labute approximate surface area is 204 Å². The number of amides is 1. The molecule has 186 valence electrons. The largest absolute Gasteiger partial charge is 0.444 e. The molecular formula is C26H38FN3O3Si. The molecule has 1 amide bonds. The zero-order valence-electron chi connectivity index (χ0n) is 21.5. The number of halogens is 1. The third kappa shape index (κ3) is 6.85. The number of benzene rings is 1. The van der Waals surface area contributed by atoms with Crippen molar-refractivity contribution >= 4 is 15.1 Å². The maximum absolute atomic E-state index is 15.2. The summed E-state index contributed by atoms with van der Waals surface area (Å²) in [6.45, 7) is 15.7. The van der Waals surface area contributed by atoms with E-state index in [-0.39, 0.29) is 29.5 Å². The van der Waals surface area contributed by atoms with Crippen LogP contribution >= 0.6 is 0 Å². The van der Waals surface area contributed by atoms with Crippen molar-refractivity contribution in [3.8, 4) is 11.1 Å². The molecule has 1 aromatic heterocycles. The van der Waals surface area contributed by atoms with Crippen molar-refractivity contribution in [1.29, 1.82) is 0 Å². The van der Waals surface area contributed by atoms with Crippen molar-refractivity contribution in [2.75, 3.05) is 13.1 Å². The van der Waals surface area contributed by atoms with E-state index in [2.05, 4.69) is 37.3 Å². The van der Waals surface area contributed by atoms with Gasteiger partial charge >= 0.3 is 6.09 Å². The Kier molecular flexibility index (Phi) is 8.13. The minimum Gasteiger partial charge on any atom is -0.444 e.